The summed E-state index contributed by atoms with van der Waals surface area (Å²) in [6, 6.07) is 15.7. The largest absolute Gasteiger partial charge is 0.497 e. The van der Waals surface area contributed by atoms with Gasteiger partial charge in [-0.3, -0.25) is 9.10 Å². The Morgan fingerprint density at radius 1 is 1.07 bits per heavy atom. The summed E-state index contributed by atoms with van der Waals surface area (Å²) in [6.45, 7) is -0.249. The summed E-state index contributed by atoms with van der Waals surface area (Å²) in [4.78, 5) is 14.3. The molecule has 1 heterocycles. The van der Waals surface area contributed by atoms with Gasteiger partial charge in [-0.2, -0.15) is 0 Å². The Morgan fingerprint density at radius 3 is 2.37 bits per heavy atom. The average Bonchev–Trinajstić information content (AvgIpc) is 3.29. The number of thiophene rings is 1. The first-order valence-electron chi connectivity index (χ1n) is 9.00. The summed E-state index contributed by atoms with van der Waals surface area (Å²) in [5, 5.41) is 1.62. The molecule has 0 saturated heterocycles. The van der Waals surface area contributed by atoms with Crippen LogP contribution < -0.4 is 9.04 Å². The van der Waals surface area contributed by atoms with E-state index in [4.69, 9.17) is 4.74 Å². The molecule has 0 aliphatic heterocycles. The van der Waals surface area contributed by atoms with Crippen LogP contribution >= 0.6 is 11.3 Å². The molecule has 1 aromatic heterocycles. The van der Waals surface area contributed by atoms with E-state index in [1.54, 1.807) is 37.7 Å². The first kappa shape index (κ1) is 21.8. The summed E-state index contributed by atoms with van der Waals surface area (Å²) in [5.74, 6) is -0.488. The number of carbonyl (C=O) groups excluding carboxylic acids is 1. The quantitative estimate of drug-likeness (QED) is 0.526. The van der Waals surface area contributed by atoms with E-state index in [0.29, 0.717) is 5.75 Å². The van der Waals surface area contributed by atoms with Gasteiger partial charge in [-0.25, -0.2) is 12.8 Å². The van der Waals surface area contributed by atoms with Crippen molar-refractivity contribution in [2.24, 2.45) is 0 Å². The summed E-state index contributed by atoms with van der Waals surface area (Å²) in [5.41, 5.74) is 0.683. The third-order valence-electron chi connectivity index (χ3n) is 4.44. The molecular weight excluding hydrogens is 427 g/mol. The highest BCUT2D eigenvalue weighted by Gasteiger charge is 2.30. The Labute approximate surface area is 179 Å². The number of hydrogen-bond donors (Lipinski definition) is 0. The fourth-order valence-electron chi connectivity index (χ4n) is 2.81. The van der Waals surface area contributed by atoms with Crippen LogP contribution in [0.4, 0.5) is 10.1 Å². The van der Waals surface area contributed by atoms with E-state index in [-0.39, 0.29) is 16.4 Å². The Bertz CT molecular complexity index is 1100. The van der Waals surface area contributed by atoms with Gasteiger partial charge >= 0.3 is 0 Å². The smallest absolute Gasteiger partial charge is 0.274 e. The average molecular weight is 449 g/mol. The van der Waals surface area contributed by atoms with Gasteiger partial charge < -0.3 is 9.64 Å². The number of methoxy groups -OCH3 is 1. The van der Waals surface area contributed by atoms with E-state index in [0.717, 1.165) is 27.3 Å². The predicted octanol–water partition coefficient (Wildman–Crippen LogP) is 3.75. The third kappa shape index (κ3) is 4.80. The van der Waals surface area contributed by atoms with Gasteiger partial charge in [0.1, 0.15) is 22.3 Å². The summed E-state index contributed by atoms with van der Waals surface area (Å²) < 4.78 is 46.7. The molecule has 0 atom stereocenters. The number of likely N-dealkylation sites (N-methyl/N-ethyl adjacent to an activating group) is 1. The number of hydrogen-bond acceptors (Lipinski definition) is 5. The number of benzene rings is 2. The van der Waals surface area contributed by atoms with E-state index in [1.807, 2.05) is 12.1 Å². The minimum atomic E-state index is -4.10. The van der Waals surface area contributed by atoms with Gasteiger partial charge in [0.25, 0.3) is 10.0 Å². The summed E-state index contributed by atoms with van der Waals surface area (Å²) in [6.07, 6.45) is 0. The van der Waals surface area contributed by atoms with Crippen molar-refractivity contribution in [2.75, 3.05) is 25.0 Å². The molecule has 9 heteroatoms. The van der Waals surface area contributed by atoms with Crippen molar-refractivity contribution >= 4 is 33.0 Å². The van der Waals surface area contributed by atoms with Crippen molar-refractivity contribution in [2.45, 2.75) is 10.8 Å². The summed E-state index contributed by atoms with van der Waals surface area (Å²) in [7, 11) is -0.957. The van der Waals surface area contributed by atoms with E-state index in [1.165, 1.54) is 29.2 Å². The highest BCUT2D eigenvalue weighted by Crippen LogP contribution is 2.28. The zero-order chi connectivity index (χ0) is 21.7. The Balaban J connectivity index is 1.85. The molecule has 0 aliphatic carbocycles. The maximum atomic E-state index is 14.4. The topological polar surface area (TPSA) is 66.9 Å². The Morgan fingerprint density at radius 2 is 1.77 bits per heavy atom. The monoisotopic (exact) mass is 448 g/mol. The van der Waals surface area contributed by atoms with Crippen LogP contribution in [0.1, 0.15) is 5.56 Å². The van der Waals surface area contributed by atoms with Gasteiger partial charge in [0.05, 0.1) is 12.8 Å². The van der Waals surface area contributed by atoms with Crippen LogP contribution in [0.25, 0.3) is 0 Å². The van der Waals surface area contributed by atoms with Gasteiger partial charge in [-0.05, 0) is 41.3 Å². The lowest BCUT2D eigenvalue weighted by atomic mass is 10.2. The minimum Gasteiger partial charge on any atom is -0.497 e. The SMILES string of the molecule is COc1ccc(CN(C)C(=O)CN(c2ccccc2F)S(=O)(=O)c2cccs2)cc1. The molecule has 6 nitrogen and oxygen atoms in total. The molecule has 0 N–H and O–H groups in total. The molecule has 2 aromatic carbocycles. The van der Waals surface area contributed by atoms with E-state index in [9.17, 15) is 17.6 Å². The molecule has 0 fully saturated rings. The van der Waals surface area contributed by atoms with Gasteiger partial charge in [0, 0.05) is 13.6 Å². The van der Waals surface area contributed by atoms with Crippen LogP contribution in [0.2, 0.25) is 0 Å². The highest BCUT2D eigenvalue weighted by molar-refractivity contribution is 7.94. The molecule has 0 saturated carbocycles. The van der Waals surface area contributed by atoms with Crippen molar-refractivity contribution in [3.63, 3.8) is 0 Å². The lowest BCUT2D eigenvalue weighted by Crippen LogP contribution is -2.41. The van der Waals surface area contributed by atoms with Crippen molar-refractivity contribution in [1.82, 2.24) is 4.90 Å². The Kier molecular flexibility index (Phi) is 6.73. The predicted molar refractivity (Wildman–Crippen MR) is 115 cm³/mol. The number of anilines is 1. The molecule has 3 aromatic rings. The van der Waals surface area contributed by atoms with Gasteiger partial charge in [0.15, 0.2) is 0 Å². The molecule has 0 bridgehead atoms. The second-order valence-electron chi connectivity index (χ2n) is 6.49. The van der Waals surface area contributed by atoms with Crippen molar-refractivity contribution in [1.29, 1.82) is 0 Å². The number of para-hydroxylation sites is 1. The highest BCUT2D eigenvalue weighted by atomic mass is 32.2. The zero-order valence-corrected chi connectivity index (χ0v) is 18.1. The van der Waals surface area contributed by atoms with E-state index >= 15 is 0 Å². The maximum absolute atomic E-state index is 14.4. The molecule has 0 spiro atoms. The molecule has 0 aliphatic rings. The minimum absolute atomic E-state index is 0.0383. The second kappa shape index (κ2) is 9.27. The first-order chi connectivity index (χ1) is 14.3. The van der Waals surface area contributed by atoms with Gasteiger partial charge in [-0.1, -0.05) is 30.3 Å². The normalized spacial score (nSPS) is 11.2. The number of amides is 1. The zero-order valence-electron chi connectivity index (χ0n) is 16.5. The fraction of sp³-hybridized carbons (Fsp3) is 0.190. The first-order valence-corrected chi connectivity index (χ1v) is 11.3. The molecular formula is C21H21FN2O4S2. The number of sulfonamides is 1. The number of nitrogens with zero attached hydrogens (tertiary/aromatic N) is 2. The second-order valence-corrected chi connectivity index (χ2v) is 9.53. The van der Waals surface area contributed by atoms with Gasteiger partial charge in [-0.15, -0.1) is 11.3 Å². The van der Waals surface area contributed by atoms with Crippen LogP contribution in [-0.2, 0) is 21.4 Å². The third-order valence-corrected chi connectivity index (χ3v) is 7.58. The molecule has 158 valence electrons. The molecule has 0 unspecified atom stereocenters. The number of rotatable bonds is 8. The van der Waals surface area contributed by atoms with Crippen LogP contribution in [0.15, 0.2) is 70.3 Å². The van der Waals surface area contributed by atoms with Crippen molar-refractivity contribution < 1.29 is 22.3 Å². The van der Waals surface area contributed by atoms with Crippen molar-refractivity contribution in [3.8, 4) is 5.75 Å². The van der Waals surface area contributed by atoms with Crippen LogP contribution in [0.3, 0.4) is 0 Å². The molecule has 0 radical (unpaired) electrons. The number of halogens is 1. The lowest BCUT2D eigenvalue weighted by molar-refractivity contribution is -0.128. The summed E-state index contributed by atoms with van der Waals surface area (Å²) >= 11 is 1.01. The van der Waals surface area contributed by atoms with Crippen molar-refractivity contribution in [3.05, 3.63) is 77.4 Å². The van der Waals surface area contributed by atoms with E-state index in [2.05, 4.69) is 0 Å². The van der Waals surface area contributed by atoms with Crippen LogP contribution in [-0.4, -0.2) is 39.9 Å². The number of ether oxygens (including phenoxy) is 1. The number of carbonyl (C=O) groups is 1. The fourth-order valence-corrected chi connectivity index (χ4v) is 5.34. The van der Waals surface area contributed by atoms with E-state index < -0.39 is 28.3 Å². The maximum Gasteiger partial charge on any atom is 0.274 e. The molecule has 30 heavy (non-hydrogen) atoms. The van der Waals surface area contributed by atoms with Crippen LogP contribution in [0, 0.1) is 5.82 Å². The molecule has 1 amide bonds. The standard InChI is InChI=1S/C21H21FN2O4S2/c1-23(14-16-9-11-17(28-2)12-10-16)20(25)15-24(19-7-4-3-6-18(19)22)30(26,27)21-8-5-13-29-21/h3-13H,14-15H2,1-2H3. The lowest BCUT2D eigenvalue weighted by Gasteiger charge is -2.26. The van der Waals surface area contributed by atoms with Gasteiger partial charge in [0.2, 0.25) is 5.91 Å². The Hall–Kier alpha value is -2.91. The van der Waals surface area contributed by atoms with Crippen LogP contribution in [0.5, 0.6) is 5.75 Å². The molecule has 3 rings (SSSR count).